The first kappa shape index (κ1) is 20.6. The van der Waals surface area contributed by atoms with Crippen LogP contribution in [-0.2, 0) is 0 Å². The molecule has 0 unspecified atom stereocenters. The van der Waals surface area contributed by atoms with Crippen molar-refractivity contribution in [2.45, 2.75) is 26.2 Å². The van der Waals surface area contributed by atoms with Gasteiger partial charge in [-0.15, -0.1) is 0 Å². The van der Waals surface area contributed by atoms with Crippen molar-refractivity contribution in [1.29, 1.82) is 0 Å². The normalized spacial score (nSPS) is 10.4. The molecule has 3 N–H and O–H groups in total. The molecule has 0 saturated carbocycles. The zero-order valence-corrected chi connectivity index (χ0v) is 16.9. The van der Waals surface area contributed by atoms with E-state index in [2.05, 4.69) is 5.32 Å². The number of halogens is 2. The molecule has 0 saturated heterocycles. The van der Waals surface area contributed by atoms with E-state index >= 15 is 0 Å². The van der Waals surface area contributed by atoms with Gasteiger partial charge in [-0.1, -0.05) is 29.3 Å². The maximum Gasteiger partial charge on any atom is 0.168 e. The van der Waals surface area contributed by atoms with Gasteiger partial charge < -0.3 is 20.5 Å². The van der Waals surface area contributed by atoms with E-state index in [1.54, 1.807) is 0 Å². The molecule has 0 fully saturated rings. The van der Waals surface area contributed by atoms with E-state index in [0.29, 0.717) is 29.0 Å². The van der Waals surface area contributed by atoms with Crippen molar-refractivity contribution in [3.05, 3.63) is 52.0 Å². The van der Waals surface area contributed by atoms with Crippen molar-refractivity contribution in [2.75, 3.05) is 18.5 Å². The number of nitrogens with two attached hydrogens (primary N) is 1. The predicted molar refractivity (Wildman–Crippen MR) is 113 cm³/mol. The molecule has 26 heavy (non-hydrogen) atoms. The smallest absolute Gasteiger partial charge is 0.168 e. The monoisotopic (exact) mass is 412 g/mol. The fourth-order valence-electron chi connectivity index (χ4n) is 2.38. The first-order valence-electron chi connectivity index (χ1n) is 8.33. The number of benzene rings is 2. The van der Waals surface area contributed by atoms with Crippen molar-refractivity contribution in [1.82, 2.24) is 0 Å². The highest BCUT2D eigenvalue weighted by Crippen LogP contribution is 2.34. The Kier molecular flexibility index (Phi) is 8.29. The number of anilines is 1. The van der Waals surface area contributed by atoms with E-state index in [1.165, 1.54) is 0 Å². The largest absolute Gasteiger partial charge is 0.494 e. The summed E-state index contributed by atoms with van der Waals surface area (Å²) >= 11 is 17.1. The summed E-state index contributed by atoms with van der Waals surface area (Å²) in [5.41, 5.74) is 7.29. The van der Waals surface area contributed by atoms with Crippen LogP contribution >= 0.6 is 35.4 Å². The van der Waals surface area contributed by atoms with Gasteiger partial charge in [0.2, 0.25) is 0 Å². The van der Waals surface area contributed by atoms with Gasteiger partial charge in [-0.25, -0.2) is 0 Å². The molecule has 7 heteroatoms. The minimum absolute atomic E-state index is 0.232. The summed E-state index contributed by atoms with van der Waals surface area (Å²) in [6.45, 7) is 3.13. The lowest BCUT2D eigenvalue weighted by Crippen LogP contribution is -2.18. The van der Waals surface area contributed by atoms with Gasteiger partial charge in [0.25, 0.3) is 0 Å². The molecular weight excluding hydrogens is 391 g/mol. The molecular formula is C19H22Cl2N2O2S. The molecule has 2 aromatic carbocycles. The summed E-state index contributed by atoms with van der Waals surface area (Å²) in [6.07, 6.45) is 2.80. The van der Waals surface area contributed by atoms with E-state index in [-0.39, 0.29) is 5.11 Å². The van der Waals surface area contributed by atoms with Gasteiger partial charge in [-0.2, -0.15) is 0 Å². The molecule has 0 atom stereocenters. The number of ether oxygens (including phenoxy) is 2. The van der Waals surface area contributed by atoms with Crippen LogP contribution in [0.15, 0.2) is 36.4 Å². The Morgan fingerprint density at radius 2 is 1.69 bits per heavy atom. The van der Waals surface area contributed by atoms with Crippen molar-refractivity contribution in [3.8, 4) is 11.5 Å². The first-order valence-corrected chi connectivity index (χ1v) is 9.50. The van der Waals surface area contributed by atoms with Crippen LogP contribution in [0.1, 0.15) is 24.8 Å². The van der Waals surface area contributed by atoms with E-state index < -0.39 is 0 Å². The van der Waals surface area contributed by atoms with Crippen molar-refractivity contribution < 1.29 is 9.47 Å². The van der Waals surface area contributed by atoms with E-state index in [1.807, 2.05) is 43.3 Å². The van der Waals surface area contributed by atoms with E-state index in [0.717, 1.165) is 36.3 Å². The van der Waals surface area contributed by atoms with Crippen LogP contribution in [0.5, 0.6) is 11.5 Å². The van der Waals surface area contributed by atoms with Crippen molar-refractivity contribution in [2.24, 2.45) is 5.73 Å². The number of nitrogens with one attached hydrogen (secondary N) is 1. The maximum atomic E-state index is 6.16. The Balaban J connectivity index is 1.65. The predicted octanol–water partition coefficient (Wildman–Crippen LogP) is 5.59. The molecule has 0 aliphatic carbocycles. The summed E-state index contributed by atoms with van der Waals surface area (Å²) in [6, 6.07) is 11.2. The van der Waals surface area contributed by atoms with Gasteiger partial charge in [0, 0.05) is 11.8 Å². The third-order valence-corrected chi connectivity index (χ3v) is 4.21. The fourth-order valence-corrected chi connectivity index (χ4v) is 3.20. The SMILES string of the molecule is Cc1cc(Cl)c(OCCCCCOc2cccc(NC(N)=S)c2)c(Cl)c1. The number of hydrogen-bond donors (Lipinski definition) is 2. The zero-order chi connectivity index (χ0) is 18.9. The minimum atomic E-state index is 0.232. The average Bonchev–Trinajstić information content (AvgIpc) is 2.55. The van der Waals surface area contributed by atoms with Gasteiger partial charge in [-0.05, 0) is 68.2 Å². The van der Waals surface area contributed by atoms with Crippen LogP contribution in [-0.4, -0.2) is 18.3 Å². The summed E-state index contributed by atoms with van der Waals surface area (Å²) < 4.78 is 11.4. The molecule has 0 radical (unpaired) electrons. The molecule has 0 amide bonds. The molecule has 0 aromatic heterocycles. The average molecular weight is 413 g/mol. The fraction of sp³-hybridized carbons (Fsp3) is 0.316. The molecule has 0 aliphatic rings. The first-order chi connectivity index (χ1) is 12.5. The van der Waals surface area contributed by atoms with Gasteiger partial charge in [0.15, 0.2) is 10.9 Å². The molecule has 4 nitrogen and oxygen atoms in total. The summed E-state index contributed by atoms with van der Waals surface area (Å²) in [5.74, 6) is 1.33. The Hall–Kier alpha value is -1.69. The minimum Gasteiger partial charge on any atom is -0.494 e. The zero-order valence-electron chi connectivity index (χ0n) is 14.6. The third kappa shape index (κ3) is 6.90. The number of unbranched alkanes of at least 4 members (excludes halogenated alkanes) is 2. The van der Waals surface area contributed by atoms with Crippen molar-refractivity contribution in [3.63, 3.8) is 0 Å². The highest BCUT2D eigenvalue weighted by atomic mass is 35.5. The van der Waals surface area contributed by atoms with Gasteiger partial charge in [0.05, 0.1) is 23.3 Å². The number of rotatable bonds is 9. The lowest BCUT2D eigenvalue weighted by Gasteiger charge is -2.11. The molecule has 2 rings (SSSR count). The summed E-state index contributed by atoms with van der Waals surface area (Å²) in [4.78, 5) is 0. The van der Waals surface area contributed by atoms with Crippen LogP contribution in [0, 0.1) is 6.92 Å². The molecule has 2 aromatic rings. The van der Waals surface area contributed by atoms with Gasteiger partial charge >= 0.3 is 0 Å². The van der Waals surface area contributed by atoms with Crippen molar-refractivity contribution >= 4 is 46.2 Å². The number of thiocarbonyl (C=S) groups is 1. The topological polar surface area (TPSA) is 56.5 Å². The lowest BCUT2D eigenvalue weighted by molar-refractivity contribution is 0.279. The van der Waals surface area contributed by atoms with E-state index in [4.69, 9.17) is 50.6 Å². The lowest BCUT2D eigenvalue weighted by atomic mass is 10.2. The number of hydrogen-bond acceptors (Lipinski definition) is 3. The van der Waals surface area contributed by atoms with Crippen LogP contribution < -0.4 is 20.5 Å². The van der Waals surface area contributed by atoms with Crippen LogP contribution in [0.25, 0.3) is 0 Å². The van der Waals surface area contributed by atoms with Crippen LogP contribution in [0.2, 0.25) is 10.0 Å². The quantitative estimate of drug-likeness (QED) is 0.415. The summed E-state index contributed by atoms with van der Waals surface area (Å²) in [5, 5.41) is 4.21. The standard InChI is InChI=1S/C19H22Cl2N2O2S/c1-13-10-16(20)18(17(21)11-13)25-9-4-2-3-8-24-15-7-5-6-14(12-15)23-19(22)26/h5-7,10-12H,2-4,8-9H2,1H3,(H3,22,23,26). The number of aryl methyl sites for hydroxylation is 1. The highest BCUT2D eigenvalue weighted by molar-refractivity contribution is 7.80. The summed E-state index contributed by atoms with van der Waals surface area (Å²) in [7, 11) is 0. The molecule has 0 heterocycles. The molecule has 140 valence electrons. The third-order valence-electron chi connectivity index (χ3n) is 3.55. The molecule has 0 bridgehead atoms. The van der Waals surface area contributed by atoms with Crippen LogP contribution in [0.4, 0.5) is 5.69 Å². The molecule has 0 aliphatic heterocycles. The second-order valence-electron chi connectivity index (χ2n) is 5.83. The second-order valence-corrected chi connectivity index (χ2v) is 7.09. The maximum absolute atomic E-state index is 6.16. The van der Waals surface area contributed by atoms with Crippen LogP contribution in [0.3, 0.4) is 0 Å². The Morgan fingerprint density at radius 1 is 1.04 bits per heavy atom. The van der Waals surface area contributed by atoms with Gasteiger partial charge in [-0.3, -0.25) is 0 Å². The van der Waals surface area contributed by atoms with Gasteiger partial charge in [0.1, 0.15) is 5.75 Å². The second kappa shape index (κ2) is 10.5. The highest BCUT2D eigenvalue weighted by Gasteiger charge is 2.08. The molecule has 0 spiro atoms. The Labute approximate surface area is 169 Å². The Morgan fingerprint density at radius 3 is 2.35 bits per heavy atom. The van der Waals surface area contributed by atoms with E-state index in [9.17, 15) is 0 Å². The Bertz CT molecular complexity index is 733.